The van der Waals surface area contributed by atoms with Crippen molar-refractivity contribution in [3.05, 3.63) is 38.9 Å². The standard InChI is InChI=1S/C12H13ClN2O3S/c13-10-5-1-4-9(11(10)15(17)18)12(16)14-7-8-3-2-6-19-8/h1,4-5,8H,2-3,6-7H2,(H,14,16). The maximum absolute atomic E-state index is 12.0. The van der Waals surface area contributed by atoms with Crippen LogP contribution >= 0.6 is 23.4 Å². The van der Waals surface area contributed by atoms with Gasteiger partial charge in [-0.3, -0.25) is 14.9 Å². The number of carbonyl (C=O) groups excluding carboxylic acids is 1. The lowest BCUT2D eigenvalue weighted by molar-refractivity contribution is -0.385. The van der Waals surface area contributed by atoms with Gasteiger partial charge in [-0.25, -0.2) is 0 Å². The fourth-order valence-electron chi connectivity index (χ4n) is 1.99. The third-order valence-electron chi connectivity index (χ3n) is 2.93. The van der Waals surface area contributed by atoms with Crippen molar-refractivity contribution in [1.29, 1.82) is 0 Å². The van der Waals surface area contributed by atoms with Crippen molar-refractivity contribution in [2.45, 2.75) is 18.1 Å². The molecule has 0 aliphatic carbocycles. The van der Waals surface area contributed by atoms with Gasteiger partial charge >= 0.3 is 5.69 Å². The Balaban J connectivity index is 2.10. The summed E-state index contributed by atoms with van der Waals surface area (Å²) in [5, 5.41) is 14.1. The van der Waals surface area contributed by atoms with E-state index in [9.17, 15) is 14.9 Å². The van der Waals surface area contributed by atoms with E-state index in [-0.39, 0.29) is 16.3 Å². The summed E-state index contributed by atoms with van der Waals surface area (Å²) < 4.78 is 0. The Kier molecular flexibility index (Phi) is 4.66. The van der Waals surface area contributed by atoms with Crippen molar-refractivity contribution in [2.24, 2.45) is 0 Å². The molecule has 7 heteroatoms. The zero-order valence-corrected chi connectivity index (χ0v) is 11.7. The first-order valence-electron chi connectivity index (χ1n) is 5.92. The molecule has 0 saturated carbocycles. The van der Waals surface area contributed by atoms with Crippen molar-refractivity contribution >= 4 is 35.0 Å². The van der Waals surface area contributed by atoms with Crippen molar-refractivity contribution in [3.63, 3.8) is 0 Å². The number of rotatable bonds is 4. The van der Waals surface area contributed by atoms with E-state index < -0.39 is 10.8 Å². The first-order valence-corrected chi connectivity index (χ1v) is 7.35. The second-order valence-corrected chi connectivity index (χ2v) is 6.05. The van der Waals surface area contributed by atoms with Gasteiger partial charge in [0.05, 0.1) is 4.92 Å². The van der Waals surface area contributed by atoms with E-state index in [1.165, 1.54) is 18.2 Å². The Morgan fingerprint density at radius 1 is 1.58 bits per heavy atom. The summed E-state index contributed by atoms with van der Waals surface area (Å²) in [4.78, 5) is 22.3. The molecule has 1 unspecified atom stereocenters. The van der Waals surface area contributed by atoms with Crippen molar-refractivity contribution in [3.8, 4) is 0 Å². The zero-order valence-electron chi connectivity index (χ0n) is 10.1. The molecule has 1 amide bonds. The van der Waals surface area contributed by atoms with Crippen molar-refractivity contribution < 1.29 is 9.72 Å². The van der Waals surface area contributed by atoms with E-state index in [4.69, 9.17) is 11.6 Å². The van der Waals surface area contributed by atoms with Crippen LogP contribution in [0.4, 0.5) is 5.69 Å². The lowest BCUT2D eigenvalue weighted by atomic mass is 10.1. The minimum Gasteiger partial charge on any atom is -0.351 e. The summed E-state index contributed by atoms with van der Waals surface area (Å²) >= 11 is 7.59. The molecule has 1 fully saturated rings. The summed E-state index contributed by atoms with van der Waals surface area (Å²) in [6, 6.07) is 4.36. The van der Waals surface area contributed by atoms with Gasteiger partial charge < -0.3 is 5.32 Å². The minimum atomic E-state index is -0.623. The molecule has 1 aliphatic heterocycles. The van der Waals surface area contributed by atoms with Crippen LogP contribution in [0.1, 0.15) is 23.2 Å². The Hall–Kier alpha value is -1.27. The van der Waals surface area contributed by atoms with Gasteiger partial charge in [0, 0.05) is 11.8 Å². The lowest BCUT2D eigenvalue weighted by Gasteiger charge is -2.10. The largest absolute Gasteiger partial charge is 0.351 e. The number of thioether (sulfide) groups is 1. The first-order chi connectivity index (χ1) is 9.09. The normalized spacial score (nSPS) is 18.3. The molecule has 0 bridgehead atoms. The predicted molar refractivity (Wildman–Crippen MR) is 75.9 cm³/mol. The Bertz CT molecular complexity index is 504. The van der Waals surface area contributed by atoms with Gasteiger partial charge in [0.25, 0.3) is 5.91 Å². The van der Waals surface area contributed by atoms with E-state index in [0.29, 0.717) is 11.8 Å². The minimum absolute atomic E-state index is 0.0143. The molecule has 1 saturated heterocycles. The van der Waals surface area contributed by atoms with Crippen LogP contribution in [0.2, 0.25) is 5.02 Å². The molecule has 1 atom stereocenters. The van der Waals surface area contributed by atoms with Crippen LogP contribution in [0.3, 0.4) is 0 Å². The number of nitro groups is 1. The van der Waals surface area contributed by atoms with Gasteiger partial charge in [0.15, 0.2) is 0 Å². The second kappa shape index (κ2) is 6.25. The van der Waals surface area contributed by atoms with E-state index >= 15 is 0 Å². The van der Waals surface area contributed by atoms with Crippen molar-refractivity contribution in [1.82, 2.24) is 5.32 Å². The molecule has 5 nitrogen and oxygen atoms in total. The average molecular weight is 301 g/mol. The number of nitro benzene ring substituents is 1. The topological polar surface area (TPSA) is 72.2 Å². The summed E-state index contributed by atoms with van der Waals surface area (Å²) in [6.07, 6.45) is 2.23. The first kappa shape index (κ1) is 14.1. The molecule has 1 aliphatic rings. The summed E-state index contributed by atoms with van der Waals surface area (Å²) in [5.41, 5.74) is -0.318. The number of carbonyl (C=O) groups is 1. The zero-order chi connectivity index (χ0) is 13.8. The molecule has 102 valence electrons. The van der Waals surface area contributed by atoms with Gasteiger partial charge in [-0.1, -0.05) is 17.7 Å². The SMILES string of the molecule is O=C(NCC1CCCS1)c1cccc(Cl)c1[N+](=O)[O-]. The molecule has 0 spiro atoms. The number of hydrogen-bond acceptors (Lipinski definition) is 4. The molecule has 0 aromatic heterocycles. The van der Waals surface area contributed by atoms with Crippen molar-refractivity contribution in [2.75, 3.05) is 12.3 Å². The molecule has 19 heavy (non-hydrogen) atoms. The highest BCUT2D eigenvalue weighted by Crippen LogP contribution is 2.28. The summed E-state index contributed by atoms with van der Waals surface area (Å²) in [6.45, 7) is 0.535. The third-order valence-corrected chi connectivity index (χ3v) is 4.63. The van der Waals surface area contributed by atoms with Gasteiger partial charge in [-0.15, -0.1) is 0 Å². The van der Waals surface area contributed by atoms with Crippen LogP contribution in [0.15, 0.2) is 18.2 Å². The molecule has 2 rings (SSSR count). The number of nitrogens with one attached hydrogen (secondary N) is 1. The molecule has 1 aromatic rings. The maximum atomic E-state index is 12.0. The number of nitrogens with zero attached hydrogens (tertiary/aromatic N) is 1. The quantitative estimate of drug-likeness (QED) is 0.685. The van der Waals surface area contributed by atoms with Crippen LogP contribution in [-0.4, -0.2) is 28.4 Å². The molecular formula is C12H13ClN2O3S. The predicted octanol–water partition coefficient (Wildman–Crippen LogP) is 2.87. The van der Waals surface area contributed by atoms with E-state index in [2.05, 4.69) is 5.32 Å². The number of amides is 1. The fraction of sp³-hybridized carbons (Fsp3) is 0.417. The Labute approximate surface area is 119 Å². The smallest absolute Gasteiger partial charge is 0.300 e. The van der Waals surface area contributed by atoms with Gasteiger partial charge in [-0.2, -0.15) is 11.8 Å². The van der Waals surface area contributed by atoms with Gasteiger partial charge in [-0.05, 0) is 30.7 Å². The van der Waals surface area contributed by atoms with Crippen LogP contribution in [0.5, 0.6) is 0 Å². The highest BCUT2D eigenvalue weighted by atomic mass is 35.5. The van der Waals surface area contributed by atoms with Gasteiger partial charge in [0.2, 0.25) is 0 Å². The molecule has 1 N–H and O–H groups in total. The maximum Gasteiger partial charge on any atom is 0.300 e. The molecule has 0 radical (unpaired) electrons. The van der Waals surface area contributed by atoms with E-state index in [1.54, 1.807) is 0 Å². The van der Waals surface area contributed by atoms with Crippen LogP contribution < -0.4 is 5.32 Å². The number of benzene rings is 1. The fourth-order valence-corrected chi connectivity index (χ4v) is 3.44. The monoisotopic (exact) mass is 300 g/mol. The molecule has 1 heterocycles. The van der Waals surface area contributed by atoms with E-state index in [0.717, 1.165) is 18.6 Å². The Morgan fingerprint density at radius 3 is 3.00 bits per heavy atom. The second-order valence-electron chi connectivity index (χ2n) is 4.24. The van der Waals surface area contributed by atoms with Crippen LogP contribution in [0.25, 0.3) is 0 Å². The highest BCUT2D eigenvalue weighted by Gasteiger charge is 2.24. The Morgan fingerprint density at radius 2 is 2.37 bits per heavy atom. The number of halogens is 1. The summed E-state index contributed by atoms with van der Waals surface area (Å²) in [5.74, 6) is 0.666. The average Bonchev–Trinajstić information content (AvgIpc) is 2.88. The lowest BCUT2D eigenvalue weighted by Crippen LogP contribution is -2.30. The number of hydrogen-bond donors (Lipinski definition) is 1. The van der Waals surface area contributed by atoms with Crippen LogP contribution in [0, 0.1) is 10.1 Å². The highest BCUT2D eigenvalue weighted by molar-refractivity contribution is 8.00. The van der Waals surface area contributed by atoms with Gasteiger partial charge in [0.1, 0.15) is 10.6 Å². The molecular weight excluding hydrogens is 288 g/mol. The summed E-state index contributed by atoms with van der Waals surface area (Å²) in [7, 11) is 0. The number of para-hydroxylation sites is 1. The third kappa shape index (κ3) is 3.39. The van der Waals surface area contributed by atoms with Crippen LogP contribution in [-0.2, 0) is 0 Å². The molecule has 1 aromatic carbocycles. The van der Waals surface area contributed by atoms with E-state index in [1.807, 2.05) is 11.8 Å².